The van der Waals surface area contributed by atoms with E-state index in [0.717, 1.165) is 22.4 Å². The largest absolute Gasteiger partial charge is 0.457 e. The summed E-state index contributed by atoms with van der Waals surface area (Å²) in [7, 11) is 0. The predicted molar refractivity (Wildman–Crippen MR) is 149 cm³/mol. The lowest BCUT2D eigenvalue weighted by Gasteiger charge is -2.38. The van der Waals surface area contributed by atoms with Crippen molar-refractivity contribution in [1.29, 1.82) is 0 Å². The minimum absolute atomic E-state index is 0.261. The van der Waals surface area contributed by atoms with E-state index in [2.05, 4.69) is 60.8 Å². The van der Waals surface area contributed by atoms with E-state index in [9.17, 15) is 9.90 Å². The fraction of sp³-hybridized carbons (Fsp3) is 0.242. The number of benzene rings is 4. The molecule has 0 saturated carbocycles. The summed E-state index contributed by atoms with van der Waals surface area (Å²) in [5.41, 5.74) is 5.81. The molecule has 5 rings (SSSR count). The summed E-state index contributed by atoms with van der Waals surface area (Å²) in [4.78, 5) is 11.8. The molecule has 4 nitrogen and oxygen atoms in total. The van der Waals surface area contributed by atoms with Gasteiger partial charge in [0.25, 0.3) is 0 Å². The number of carbonyl (C=O) groups excluding carboxylic acids is 1. The number of nitrogens with one attached hydrogen (secondary N) is 1. The zero-order valence-corrected chi connectivity index (χ0v) is 21.4. The Kier molecular flexibility index (Phi) is 6.86. The van der Waals surface area contributed by atoms with Gasteiger partial charge in [0.2, 0.25) is 0 Å². The molecule has 2 atom stereocenters. The average Bonchev–Trinajstić information content (AvgIpc) is 3.28. The van der Waals surface area contributed by atoms with Gasteiger partial charge in [-0.2, -0.15) is 0 Å². The van der Waals surface area contributed by atoms with Crippen LogP contribution in [0.2, 0.25) is 0 Å². The Labute approximate surface area is 219 Å². The number of esters is 1. The van der Waals surface area contributed by atoms with Gasteiger partial charge < -0.3 is 15.2 Å². The molecule has 0 bridgehead atoms. The van der Waals surface area contributed by atoms with Crippen LogP contribution in [0, 0.1) is 0 Å². The molecule has 4 aromatic rings. The van der Waals surface area contributed by atoms with E-state index in [1.165, 1.54) is 11.1 Å². The van der Waals surface area contributed by atoms with Crippen molar-refractivity contribution in [1.82, 2.24) is 0 Å². The topological polar surface area (TPSA) is 58.6 Å². The second-order valence-electron chi connectivity index (χ2n) is 10.6. The van der Waals surface area contributed by atoms with E-state index in [1.807, 2.05) is 61.5 Å². The average molecular weight is 492 g/mol. The van der Waals surface area contributed by atoms with Gasteiger partial charge in [0.1, 0.15) is 6.61 Å². The van der Waals surface area contributed by atoms with E-state index in [1.54, 1.807) is 0 Å². The molecular weight excluding hydrogens is 458 g/mol. The van der Waals surface area contributed by atoms with Crippen molar-refractivity contribution in [2.75, 3.05) is 11.9 Å². The zero-order valence-electron chi connectivity index (χ0n) is 21.4. The minimum Gasteiger partial charge on any atom is -0.457 e. The van der Waals surface area contributed by atoms with Crippen LogP contribution in [0.5, 0.6) is 0 Å². The van der Waals surface area contributed by atoms with Crippen LogP contribution in [0.1, 0.15) is 47.3 Å². The van der Waals surface area contributed by atoms with Crippen LogP contribution in [0.4, 0.5) is 5.69 Å². The van der Waals surface area contributed by atoms with Gasteiger partial charge in [0, 0.05) is 29.6 Å². The molecule has 37 heavy (non-hydrogen) atoms. The van der Waals surface area contributed by atoms with Crippen molar-refractivity contribution in [2.45, 2.75) is 44.3 Å². The van der Waals surface area contributed by atoms with Crippen molar-refractivity contribution >= 4 is 11.7 Å². The molecule has 0 aromatic heterocycles. The van der Waals surface area contributed by atoms with Crippen molar-refractivity contribution in [3.05, 3.63) is 125 Å². The predicted octanol–water partition coefficient (Wildman–Crippen LogP) is 6.78. The van der Waals surface area contributed by atoms with Crippen molar-refractivity contribution in [3.63, 3.8) is 0 Å². The second kappa shape index (κ2) is 10.2. The lowest BCUT2D eigenvalue weighted by molar-refractivity contribution is 0.0306. The normalized spacial score (nSPS) is 15.8. The first-order chi connectivity index (χ1) is 17.8. The monoisotopic (exact) mass is 491 g/mol. The molecule has 0 amide bonds. The van der Waals surface area contributed by atoms with Gasteiger partial charge in [0.05, 0.1) is 11.2 Å². The highest BCUT2D eigenvalue weighted by atomic mass is 16.5. The van der Waals surface area contributed by atoms with Crippen LogP contribution in [0.25, 0.3) is 11.1 Å². The minimum atomic E-state index is -0.931. The quantitative estimate of drug-likeness (QED) is 0.254. The van der Waals surface area contributed by atoms with Gasteiger partial charge in [-0.15, -0.1) is 0 Å². The smallest absolute Gasteiger partial charge is 0.338 e. The lowest BCUT2D eigenvalue weighted by Crippen LogP contribution is -2.41. The maximum atomic E-state index is 11.8. The molecule has 0 fully saturated rings. The molecule has 1 aliphatic heterocycles. The fourth-order valence-electron chi connectivity index (χ4n) is 5.48. The SMILES string of the molecule is CC(O)(Cc1cccc(-c2ccccc2)c1)CC(C)(CNc1ccc2c(c1)COC2=O)c1ccccc1. The summed E-state index contributed by atoms with van der Waals surface area (Å²) in [6.45, 7) is 5.08. The highest BCUT2D eigenvalue weighted by molar-refractivity contribution is 5.93. The Morgan fingerprint density at radius 3 is 2.30 bits per heavy atom. The van der Waals surface area contributed by atoms with Gasteiger partial charge in [-0.25, -0.2) is 4.79 Å². The number of hydrogen-bond acceptors (Lipinski definition) is 4. The number of rotatable bonds is 9. The van der Waals surface area contributed by atoms with Crippen molar-refractivity contribution < 1.29 is 14.6 Å². The van der Waals surface area contributed by atoms with Gasteiger partial charge in [-0.3, -0.25) is 0 Å². The van der Waals surface area contributed by atoms with Gasteiger partial charge in [0.15, 0.2) is 0 Å². The summed E-state index contributed by atoms with van der Waals surface area (Å²) in [5, 5.41) is 15.3. The van der Waals surface area contributed by atoms with E-state index in [-0.39, 0.29) is 11.4 Å². The second-order valence-corrected chi connectivity index (χ2v) is 10.6. The van der Waals surface area contributed by atoms with Gasteiger partial charge in [-0.05, 0) is 53.8 Å². The standard InChI is InChI=1S/C33H33NO3/c1-32(28-14-7-4-8-15-28,23-34-29-16-17-30-27(19-29)21-37-31(30)35)22-33(2,36)20-24-10-9-13-26(18-24)25-11-5-3-6-12-25/h3-19,34,36H,20-23H2,1-2H3. The highest BCUT2D eigenvalue weighted by Gasteiger charge is 2.36. The van der Waals surface area contributed by atoms with Crippen LogP contribution >= 0.6 is 0 Å². The van der Waals surface area contributed by atoms with Crippen LogP contribution in [0.15, 0.2) is 103 Å². The molecule has 1 heterocycles. The summed E-state index contributed by atoms with van der Waals surface area (Å²) in [5.74, 6) is -0.261. The third kappa shape index (κ3) is 5.76. The number of carbonyl (C=O) groups is 1. The summed E-state index contributed by atoms with van der Waals surface area (Å²) >= 11 is 0. The van der Waals surface area contributed by atoms with Crippen LogP contribution < -0.4 is 5.32 Å². The number of cyclic esters (lactones) is 1. The molecule has 2 N–H and O–H groups in total. The first kappa shape index (κ1) is 24.8. The number of anilines is 1. The van der Waals surface area contributed by atoms with Gasteiger partial charge in [-0.1, -0.05) is 91.9 Å². The number of hydrogen-bond donors (Lipinski definition) is 2. The van der Waals surface area contributed by atoms with E-state index in [0.29, 0.717) is 31.6 Å². The Morgan fingerprint density at radius 2 is 1.54 bits per heavy atom. The van der Waals surface area contributed by atoms with Gasteiger partial charge >= 0.3 is 5.97 Å². The van der Waals surface area contributed by atoms with Crippen molar-refractivity contribution in [3.8, 4) is 11.1 Å². The summed E-state index contributed by atoms with van der Waals surface area (Å²) < 4.78 is 5.15. The van der Waals surface area contributed by atoms with Crippen molar-refractivity contribution in [2.24, 2.45) is 0 Å². The Balaban J connectivity index is 1.36. The molecule has 0 spiro atoms. The van der Waals surface area contributed by atoms with E-state index in [4.69, 9.17) is 4.74 Å². The summed E-state index contributed by atoms with van der Waals surface area (Å²) in [6.07, 6.45) is 1.12. The Hall–Kier alpha value is -3.89. The number of aliphatic hydroxyl groups is 1. The van der Waals surface area contributed by atoms with E-state index >= 15 is 0 Å². The molecule has 1 aliphatic rings. The molecule has 0 saturated heterocycles. The molecule has 0 radical (unpaired) electrons. The van der Waals surface area contributed by atoms with Crippen LogP contribution in [-0.4, -0.2) is 23.2 Å². The van der Waals surface area contributed by atoms with Crippen LogP contribution in [0.3, 0.4) is 0 Å². The third-order valence-electron chi connectivity index (χ3n) is 7.23. The first-order valence-corrected chi connectivity index (χ1v) is 12.8. The molecule has 2 unspecified atom stereocenters. The number of fused-ring (bicyclic) bond motifs is 1. The fourth-order valence-corrected chi connectivity index (χ4v) is 5.48. The highest BCUT2D eigenvalue weighted by Crippen LogP contribution is 2.36. The summed E-state index contributed by atoms with van der Waals surface area (Å²) in [6, 6.07) is 34.9. The molecule has 4 aromatic carbocycles. The molecule has 4 heteroatoms. The maximum Gasteiger partial charge on any atom is 0.338 e. The number of ether oxygens (including phenoxy) is 1. The lowest BCUT2D eigenvalue weighted by atomic mass is 9.72. The maximum absolute atomic E-state index is 11.8. The molecule has 188 valence electrons. The third-order valence-corrected chi connectivity index (χ3v) is 7.23. The van der Waals surface area contributed by atoms with E-state index < -0.39 is 5.60 Å². The Bertz CT molecular complexity index is 1380. The first-order valence-electron chi connectivity index (χ1n) is 12.8. The van der Waals surface area contributed by atoms with Crippen LogP contribution in [-0.2, 0) is 23.2 Å². The Morgan fingerprint density at radius 1 is 0.838 bits per heavy atom. The zero-order chi connectivity index (χ0) is 25.9. The molecule has 0 aliphatic carbocycles. The molecular formula is C33H33NO3.